The number of hydrogen-bond donors (Lipinski definition) is 2. The fourth-order valence-electron chi connectivity index (χ4n) is 2.78. The van der Waals surface area contributed by atoms with E-state index in [0.29, 0.717) is 30.2 Å². The zero-order valence-electron chi connectivity index (χ0n) is 14.5. The zero-order chi connectivity index (χ0) is 18.0. The van der Waals surface area contributed by atoms with Crippen LogP contribution < -0.4 is 21.3 Å². The van der Waals surface area contributed by atoms with Crippen LogP contribution in [-0.2, 0) is 20.0 Å². The molecule has 0 radical (unpaired) electrons. The van der Waals surface area contributed by atoms with Crippen LogP contribution in [0.4, 0.5) is 5.95 Å². The fraction of sp³-hybridized carbons (Fsp3) is 0.353. The molecule has 8 nitrogen and oxygen atoms in total. The van der Waals surface area contributed by atoms with Gasteiger partial charge in [0.15, 0.2) is 11.2 Å². The summed E-state index contributed by atoms with van der Waals surface area (Å²) in [5.74, 6) is 1.38. The van der Waals surface area contributed by atoms with Crippen LogP contribution in [0.15, 0.2) is 33.9 Å². The highest BCUT2D eigenvalue weighted by Crippen LogP contribution is 2.17. The Balaban J connectivity index is 2.01. The minimum absolute atomic E-state index is 0.374. The molecule has 0 saturated carbocycles. The number of aromatic nitrogens is 4. The Hall–Kier alpha value is -3.03. The Morgan fingerprint density at radius 1 is 1.24 bits per heavy atom. The van der Waals surface area contributed by atoms with Gasteiger partial charge in [0.1, 0.15) is 5.75 Å². The minimum Gasteiger partial charge on any atom is -0.497 e. The lowest BCUT2D eigenvalue weighted by atomic mass is 10.1. The largest absolute Gasteiger partial charge is 0.497 e. The van der Waals surface area contributed by atoms with Crippen molar-refractivity contribution in [1.82, 2.24) is 19.1 Å². The Labute approximate surface area is 144 Å². The van der Waals surface area contributed by atoms with Gasteiger partial charge in [-0.2, -0.15) is 4.98 Å². The number of aromatic amines is 1. The van der Waals surface area contributed by atoms with Crippen molar-refractivity contribution in [3.63, 3.8) is 0 Å². The molecule has 0 amide bonds. The molecular weight excluding hydrogens is 322 g/mol. The molecule has 2 N–H and O–H groups in total. The summed E-state index contributed by atoms with van der Waals surface area (Å²) in [4.78, 5) is 30.9. The first-order valence-electron chi connectivity index (χ1n) is 8.11. The number of nitrogens with zero attached hydrogens (tertiary/aromatic N) is 3. The van der Waals surface area contributed by atoms with Crippen molar-refractivity contribution in [2.45, 2.75) is 19.9 Å². The molecule has 0 aliphatic carbocycles. The molecule has 25 heavy (non-hydrogen) atoms. The zero-order valence-corrected chi connectivity index (χ0v) is 14.5. The standard InChI is InChI=1S/C17H21N5O3/c1-4-18-16-19-14-13(15(23)20-17(24)21(14)2)22(16)10-9-11-5-7-12(25-3)8-6-11/h5-8H,4,9-10H2,1-3H3,(H,18,19)(H,20,23,24). The molecule has 8 heteroatoms. The summed E-state index contributed by atoms with van der Waals surface area (Å²) in [6, 6.07) is 7.79. The summed E-state index contributed by atoms with van der Waals surface area (Å²) in [7, 11) is 3.23. The Morgan fingerprint density at radius 3 is 2.60 bits per heavy atom. The van der Waals surface area contributed by atoms with E-state index in [0.717, 1.165) is 17.7 Å². The highest BCUT2D eigenvalue weighted by Gasteiger charge is 2.16. The maximum absolute atomic E-state index is 12.3. The van der Waals surface area contributed by atoms with E-state index in [4.69, 9.17) is 4.74 Å². The second-order valence-corrected chi connectivity index (χ2v) is 5.71. The number of benzene rings is 1. The number of anilines is 1. The van der Waals surface area contributed by atoms with Gasteiger partial charge >= 0.3 is 5.69 Å². The van der Waals surface area contributed by atoms with E-state index in [1.807, 2.05) is 35.8 Å². The number of nitrogens with one attached hydrogen (secondary N) is 2. The van der Waals surface area contributed by atoms with Crippen LogP contribution in [0, 0.1) is 0 Å². The first kappa shape index (κ1) is 16.8. The molecule has 0 aliphatic rings. The molecule has 0 aliphatic heterocycles. The summed E-state index contributed by atoms with van der Waals surface area (Å²) >= 11 is 0. The predicted octanol–water partition coefficient (Wildman–Crippen LogP) is 1.11. The second-order valence-electron chi connectivity index (χ2n) is 5.71. The van der Waals surface area contributed by atoms with Gasteiger partial charge in [0.2, 0.25) is 5.95 Å². The van der Waals surface area contributed by atoms with Crippen LogP contribution in [0.3, 0.4) is 0 Å². The van der Waals surface area contributed by atoms with Crippen molar-refractivity contribution < 1.29 is 4.74 Å². The van der Waals surface area contributed by atoms with E-state index >= 15 is 0 Å². The highest BCUT2D eigenvalue weighted by molar-refractivity contribution is 5.74. The molecule has 2 heterocycles. The average molecular weight is 343 g/mol. The summed E-state index contributed by atoms with van der Waals surface area (Å²) in [6.45, 7) is 3.18. The van der Waals surface area contributed by atoms with Crippen molar-refractivity contribution in [2.24, 2.45) is 7.05 Å². The molecule has 0 bridgehead atoms. The molecule has 0 saturated heterocycles. The van der Waals surface area contributed by atoms with Gasteiger partial charge in [-0.15, -0.1) is 0 Å². The van der Waals surface area contributed by atoms with Gasteiger partial charge in [0.05, 0.1) is 7.11 Å². The van der Waals surface area contributed by atoms with E-state index in [9.17, 15) is 9.59 Å². The number of aryl methyl sites for hydroxylation is 3. The summed E-state index contributed by atoms with van der Waals surface area (Å²) in [5, 5.41) is 3.16. The van der Waals surface area contributed by atoms with Gasteiger partial charge < -0.3 is 14.6 Å². The third kappa shape index (κ3) is 3.15. The molecule has 0 unspecified atom stereocenters. The van der Waals surface area contributed by atoms with Crippen LogP contribution >= 0.6 is 0 Å². The first-order chi connectivity index (χ1) is 12.0. The minimum atomic E-state index is -0.472. The van der Waals surface area contributed by atoms with E-state index in [1.165, 1.54) is 4.57 Å². The predicted molar refractivity (Wildman–Crippen MR) is 96.5 cm³/mol. The quantitative estimate of drug-likeness (QED) is 0.699. The lowest BCUT2D eigenvalue weighted by Crippen LogP contribution is -2.29. The lowest BCUT2D eigenvalue weighted by Gasteiger charge is -2.09. The topological polar surface area (TPSA) is 93.9 Å². The Morgan fingerprint density at radius 2 is 1.96 bits per heavy atom. The molecule has 1 aromatic carbocycles. The molecule has 2 aromatic heterocycles. The van der Waals surface area contributed by atoms with Gasteiger partial charge in [0.25, 0.3) is 5.56 Å². The van der Waals surface area contributed by atoms with E-state index in [-0.39, 0.29) is 0 Å². The molecular formula is C17H21N5O3. The number of ether oxygens (including phenoxy) is 1. The van der Waals surface area contributed by atoms with Crippen LogP contribution in [0.2, 0.25) is 0 Å². The molecule has 3 aromatic rings. The van der Waals surface area contributed by atoms with Gasteiger partial charge in [-0.3, -0.25) is 14.3 Å². The molecule has 0 fully saturated rings. The highest BCUT2D eigenvalue weighted by atomic mass is 16.5. The Bertz CT molecular complexity index is 998. The van der Waals surface area contributed by atoms with Gasteiger partial charge in [-0.1, -0.05) is 12.1 Å². The van der Waals surface area contributed by atoms with Gasteiger partial charge in [0, 0.05) is 20.1 Å². The normalized spacial score (nSPS) is 11.0. The maximum atomic E-state index is 12.3. The van der Waals surface area contributed by atoms with E-state index in [2.05, 4.69) is 15.3 Å². The number of rotatable bonds is 6. The van der Waals surface area contributed by atoms with Crippen molar-refractivity contribution in [3.05, 3.63) is 50.7 Å². The smallest absolute Gasteiger partial charge is 0.329 e. The van der Waals surface area contributed by atoms with Crippen LogP contribution in [0.5, 0.6) is 5.75 Å². The maximum Gasteiger partial charge on any atom is 0.329 e. The third-order valence-electron chi connectivity index (χ3n) is 4.13. The number of H-pyrrole nitrogens is 1. The van der Waals surface area contributed by atoms with Crippen molar-refractivity contribution in [1.29, 1.82) is 0 Å². The molecule has 0 atom stereocenters. The van der Waals surface area contributed by atoms with Crippen LogP contribution in [0.25, 0.3) is 11.2 Å². The fourth-order valence-corrected chi connectivity index (χ4v) is 2.78. The first-order valence-corrected chi connectivity index (χ1v) is 8.11. The number of hydrogen-bond acceptors (Lipinski definition) is 5. The van der Waals surface area contributed by atoms with Crippen LogP contribution in [0.1, 0.15) is 12.5 Å². The summed E-state index contributed by atoms with van der Waals surface area (Å²) in [6.07, 6.45) is 0.718. The number of methoxy groups -OCH3 is 1. The van der Waals surface area contributed by atoms with Crippen LogP contribution in [-0.4, -0.2) is 32.8 Å². The molecule has 132 valence electrons. The van der Waals surface area contributed by atoms with Gasteiger partial charge in [-0.05, 0) is 31.0 Å². The number of fused-ring (bicyclic) bond motifs is 1. The number of imidazole rings is 1. The monoisotopic (exact) mass is 343 g/mol. The van der Waals surface area contributed by atoms with Gasteiger partial charge in [-0.25, -0.2) is 4.79 Å². The summed E-state index contributed by atoms with van der Waals surface area (Å²) < 4.78 is 8.33. The third-order valence-corrected chi connectivity index (χ3v) is 4.13. The van der Waals surface area contributed by atoms with E-state index in [1.54, 1.807) is 14.2 Å². The van der Waals surface area contributed by atoms with E-state index < -0.39 is 11.2 Å². The lowest BCUT2D eigenvalue weighted by molar-refractivity contribution is 0.414. The molecule has 3 rings (SSSR count). The summed E-state index contributed by atoms with van der Waals surface area (Å²) in [5.41, 5.74) is 0.988. The SMILES string of the molecule is CCNc1nc2c(c(=O)[nH]c(=O)n2C)n1CCc1ccc(OC)cc1. The van der Waals surface area contributed by atoms with Crippen molar-refractivity contribution in [3.8, 4) is 5.75 Å². The van der Waals surface area contributed by atoms with Crippen molar-refractivity contribution >= 4 is 17.1 Å². The average Bonchev–Trinajstić information content (AvgIpc) is 2.98. The second kappa shape index (κ2) is 6.84. The van der Waals surface area contributed by atoms with Crippen molar-refractivity contribution in [2.75, 3.05) is 19.0 Å². The Kier molecular flexibility index (Phi) is 4.60. The molecule has 0 spiro atoms.